The number of benzene rings is 2. The van der Waals surface area contributed by atoms with Gasteiger partial charge in [0.25, 0.3) is 0 Å². The number of hydrogen-bond acceptors (Lipinski definition) is 5. The SMILES string of the molecule is COc1c(O)cc2c(c1CC=C(C)C)C(=O)c1c(cc(O)c(CC=C(C)C)c1O)C2. The van der Waals surface area contributed by atoms with Crippen LogP contribution in [0.4, 0.5) is 0 Å². The second kappa shape index (κ2) is 8.27. The number of carbonyl (C=O) groups excluding carboxylic acids is 1. The van der Waals surface area contributed by atoms with Gasteiger partial charge >= 0.3 is 0 Å². The molecule has 0 saturated heterocycles. The smallest absolute Gasteiger partial charge is 0.197 e. The van der Waals surface area contributed by atoms with E-state index in [1.54, 1.807) is 6.07 Å². The first-order valence-corrected chi connectivity index (χ1v) is 9.95. The Kier molecular flexibility index (Phi) is 5.92. The third-order valence-electron chi connectivity index (χ3n) is 5.37. The fourth-order valence-electron chi connectivity index (χ4n) is 3.89. The average molecular weight is 408 g/mol. The molecule has 30 heavy (non-hydrogen) atoms. The van der Waals surface area contributed by atoms with E-state index in [0.717, 1.165) is 11.1 Å². The highest BCUT2D eigenvalue weighted by molar-refractivity contribution is 6.15. The molecular weight excluding hydrogens is 380 g/mol. The third-order valence-corrected chi connectivity index (χ3v) is 5.37. The molecule has 0 bridgehead atoms. The molecule has 0 amide bonds. The lowest BCUT2D eigenvalue weighted by Gasteiger charge is -2.25. The Balaban J connectivity index is 2.23. The Bertz CT molecular complexity index is 1080. The first kappa shape index (κ1) is 21.5. The van der Waals surface area contributed by atoms with Crippen LogP contribution in [0.2, 0.25) is 0 Å². The minimum atomic E-state index is -0.322. The maximum atomic E-state index is 13.6. The lowest BCUT2D eigenvalue weighted by molar-refractivity contribution is 0.103. The molecule has 2 aromatic carbocycles. The van der Waals surface area contributed by atoms with E-state index >= 15 is 0 Å². The first-order chi connectivity index (χ1) is 14.1. The number of phenolic OH excluding ortho intramolecular Hbond substituents is 3. The van der Waals surface area contributed by atoms with Crippen LogP contribution < -0.4 is 4.74 Å². The summed E-state index contributed by atoms with van der Waals surface area (Å²) in [5.41, 5.74) is 4.92. The quantitative estimate of drug-likeness (QED) is 0.519. The molecule has 0 fully saturated rings. The van der Waals surface area contributed by atoms with Crippen molar-refractivity contribution in [1.29, 1.82) is 0 Å². The van der Waals surface area contributed by atoms with Crippen molar-refractivity contribution in [3.63, 3.8) is 0 Å². The van der Waals surface area contributed by atoms with Gasteiger partial charge in [-0.1, -0.05) is 23.3 Å². The molecule has 0 saturated carbocycles. The summed E-state index contributed by atoms with van der Waals surface area (Å²) < 4.78 is 5.41. The lowest BCUT2D eigenvalue weighted by atomic mass is 9.79. The number of rotatable bonds is 5. The molecule has 0 spiro atoms. The van der Waals surface area contributed by atoms with Crippen LogP contribution in [0.3, 0.4) is 0 Å². The van der Waals surface area contributed by atoms with Gasteiger partial charge in [-0.15, -0.1) is 0 Å². The predicted octanol–water partition coefficient (Wildman–Crippen LogP) is 4.96. The molecule has 0 atom stereocenters. The molecule has 2 aromatic rings. The maximum absolute atomic E-state index is 13.6. The summed E-state index contributed by atoms with van der Waals surface area (Å²) in [5.74, 6) is -0.303. The van der Waals surface area contributed by atoms with E-state index in [9.17, 15) is 20.1 Å². The van der Waals surface area contributed by atoms with E-state index in [-0.39, 0.29) is 34.3 Å². The number of fused-ring (bicyclic) bond motifs is 2. The second-order valence-corrected chi connectivity index (χ2v) is 8.18. The first-order valence-electron chi connectivity index (χ1n) is 9.95. The van der Waals surface area contributed by atoms with Crippen molar-refractivity contribution in [2.45, 2.75) is 47.0 Å². The van der Waals surface area contributed by atoms with Crippen LogP contribution in [0.15, 0.2) is 35.4 Å². The fourth-order valence-corrected chi connectivity index (χ4v) is 3.89. The largest absolute Gasteiger partial charge is 0.508 e. The van der Waals surface area contributed by atoms with Gasteiger partial charge in [-0.05, 0) is 70.2 Å². The normalized spacial score (nSPS) is 12.1. The minimum Gasteiger partial charge on any atom is -0.508 e. The number of hydrogen-bond donors (Lipinski definition) is 3. The van der Waals surface area contributed by atoms with Crippen molar-refractivity contribution >= 4 is 5.78 Å². The zero-order valence-corrected chi connectivity index (χ0v) is 18.1. The summed E-state index contributed by atoms with van der Waals surface area (Å²) in [5, 5.41) is 31.8. The zero-order valence-electron chi connectivity index (χ0n) is 18.1. The van der Waals surface area contributed by atoms with Gasteiger partial charge in [0.2, 0.25) is 0 Å². The molecule has 158 valence electrons. The van der Waals surface area contributed by atoms with Crippen LogP contribution in [-0.2, 0) is 19.3 Å². The Labute approximate surface area is 177 Å². The number of phenols is 3. The van der Waals surface area contributed by atoms with E-state index in [1.807, 2.05) is 39.8 Å². The van der Waals surface area contributed by atoms with Crippen molar-refractivity contribution in [2.24, 2.45) is 0 Å². The summed E-state index contributed by atoms with van der Waals surface area (Å²) in [7, 11) is 1.46. The van der Waals surface area contributed by atoms with Crippen molar-refractivity contribution in [3.05, 3.63) is 68.8 Å². The van der Waals surface area contributed by atoms with Gasteiger partial charge in [0.1, 0.15) is 11.5 Å². The van der Waals surface area contributed by atoms with Crippen LogP contribution in [-0.4, -0.2) is 28.2 Å². The van der Waals surface area contributed by atoms with Gasteiger partial charge in [-0.3, -0.25) is 4.79 Å². The minimum absolute atomic E-state index is 0.0294. The topological polar surface area (TPSA) is 87.0 Å². The van der Waals surface area contributed by atoms with E-state index < -0.39 is 0 Å². The van der Waals surface area contributed by atoms with Crippen molar-refractivity contribution in [3.8, 4) is 23.0 Å². The van der Waals surface area contributed by atoms with Crippen LogP contribution >= 0.6 is 0 Å². The van der Waals surface area contributed by atoms with E-state index in [4.69, 9.17) is 4.74 Å². The Morgan fingerprint density at radius 1 is 0.900 bits per heavy atom. The molecule has 0 aliphatic heterocycles. The summed E-state index contributed by atoms with van der Waals surface area (Å²) in [6, 6.07) is 3.08. The zero-order chi connectivity index (χ0) is 22.2. The maximum Gasteiger partial charge on any atom is 0.197 e. The van der Waals surface area contributed by atoms with E-state index in [0.29, 0.717) is 47.1 Å². The van der Waals surface area contributed by atoms with Gasteiger partial charge in [-0.2, -0.15) is 0 Å². The molecule has 0 aromatic heterocycles. The highest BCUT2D eigenvalue weighted by Gasteiger charge is 2.33. The number of ether oxygens (including phenoxy) is 1. The fraction of sp³-hybridized carbons (Fsp3) is 0.320. The summed E-state index contributed by atoms with van der Waals surface area (Å²) >= 11 is 0. The lowest BCUT2D eigenvalue weighted by Crippen LogP contribution is -2.19. The molecule has 0 unspecified atom stereocenters. The third kappa shape index (κ3) is 3.80. The molecule has 5 nitrogen and oxygen atoms in total. The van der Waals surface area contributed by atoms with Crippen molar-refractivity contribution in [2.75, 3.05) is 7.11 Å². The van der Waals surface area contributed by atoms with Crippen LogP contribution in [0.25, 0.3) is 0 Å². The summed E-state index contributed by atoms with van der Waals surface area (Å²) in [6.45, 7) is 7.79. The predicted molar refractivity (Wildman–Crippen MR) is 117 cm³/mol. The Morgan fingerprint density at radius 2 is 1.43 bits per heavy atom. The van der Waals surface area contributed by atoms with E-state index in [2.05, 4.69) is 0 Å². The number of allylic oxidation sites excluding steroid dienone is 4. The highest BCUT2D eigenvalue weighted by Crippen LogP contribution is 2.44. The number of aromatic hydroxyl groups is 3. The van der Waals surface area contributed by atoms with E-state index in [1.165, 1.54) is 13.2 Å². The second-order valence-electron chi connectivity index (χ2n) is 8.18. The summed E-state index contributed by atoms with van der Waals surface area (Å²) in [4.78, 5) is 13.6. The molecular formula is C25H28O5. The molecule has 3 rings (SSSR count). The highest BCUT2D eigenvalue weighted by atomic mass is 16.5. The Morgan fingerprint density at radius 3 is 2.00 bits per heavy atom. The van der Waals surface area contributed by atoms with Crippen LogP contribution in [0.1, 0.15) is 65.9 Å². The van der Waals surface area contributed by atoms with Crippen LogP contribution in [0, 0.1) is 0 Å². The number of ketones is 1. The molecule has 3 N–H and O–H groups in total. The standard InChI is InChI=1S/C25H28O5/c1-13(2)6-8-17-19(26)11-16-10-15-12-20(27)25(30-5)18(9-7-14(3)4)21(15)24(29)22(16)23(17)28/h6-7,11-12,26-28H,8-10H2,1-5H3. The molecule has 0 heterocycles. The van der Waals surface area contributed by atoms with Crippen molar-refractivity contribution < 1.29 is 24.9 Å². The molecule has 0 radical (unpaired) electrons. The van der Waals surface area contributed by atoms with Gasteiger partial charge < -0.3 is 20.1 Å². The average Bonchev–Trinajstić information content (AvgIpc) is 2.64. The van der Waals surface area contributed by atoms with Crippen molar-refractivity contribution in [1.82, 2.24) is 0 Å². The van der Waals surface area contributed by atoms with Gasteiger partial charge in [0.15, 0.2) is 17.3 Å². The van der Waals surface area contributed by atoms with Gasteiger partial charge in [0.05, 0.1) is 12.7 Å². The number of carbonyl (C=O) groups is 1. The Hall–Kier alpha value is -3.21. The van der Waals surface area contributed by atoms with Gasteiger partial charge in [-0.25, -0.2) is 0 Å². The van der Waals surface area contributed by atoms with Crippen LogP contribution in [0.5, 0.6) is 23.0 Å². The number of methoxy groups -OCH3 is 1. The molecule has 5 heteroatoms. The molecule has 1 aliphatic rings. The molecule has 1 aliphatic carbocycles. The van der Waals surface area contributed by atoms with Gasteiger partial charge in [0, 0.05) is 16.7 Å². The monoisotopic (exact) mass is 408 g/mol. The summed E-state index contributed by atoms with van der Waals surface area (Å²) in [6.07, 6.45) is 4.94.